The second-order valence-electron chi connectivity index (χ2n) is 3.65. The molecule has 0 radical (unpaired) electrons. The molecule has 0 heterocycles. The van der Waals surface area contributed by atoms with Gasteiger partial charge in [0.1, 0.15) is 5.67 Å². The van der Waals surface area contributed by atoms with E-state index in [-0.39, 0.29) is 12.3 Å². The normalized spacial score (nSPS) is 15.9. The predicted octanol–water partition coefficient (Wildman–Crippen LogP) is 2.31. The Morgan fingerprint density at radius 3 is 2.60 bits per heavy atom. The van der Waals surface area contributed by atoms with Crippen LogP contribution >= 0.6 is 0 Å². The molecule has 1 atom stereocenters. The topological polar surface area (TPSA) is 52.3 Å². The van der Waals surface area contributed by atoms with Gasteiger partial charge in [0, 0.05) is 6.08 Å². The van der Waals surface area contributed by atoms with Crippen molar-refractivity contribution in [3.8, 4) is 0 Å². The zero-order chi connectivity index (χ0) is 11.9. The van der Waals surface area contributed by atoms with Gasteiger partial charge in [-0.05, 0) is 20.3 Å². The molecule has 88 valence electrons. The Hall–Kier alpha value is -1.06. The summed E-state index contributed by atoms with van der Waals surface area (Å²) in [5.74, 6) is -0.588. The summed E-state index contributed by atoms with van der Waals surface area (Å²) in [4.78, 5) is 11.0. The van der Waals surface area contributed by atoms with Crippen LogP contribution < -0.4 is 5.73 Å². The van der Waals surface area contributed by atoms with Gasteiger partial charge in [0.2, 0.25) is 0 Å². The van der Waals surface area contributed by atoms with Crippen molar-refractivity contribution in [2.45, 2.75) is 45.7 Å². The summed E-state index contributed by atoms with van der Waals surface area (Å²) in [6.07, 6.45) is 2.99. The summed E-state index contributed by atoms with van der Waals surface area (Å²) in [5, 5.41) is 0. The standard InChI is InChI=1S/C11H20FNO2/c1-4-6-7-11(3,12)9(13)8-10(14)15-5-2/h8H,4-7,13H2,1-3H3. The maximum atomic E-state index is 13.9. The average Bonchev–Trinajstić information content (AvgIpc) is 2.15. The Labute approximate surface area is 90.5 Å². The van der Waals surface area contributed by atoms with Crippen LogP contribution in [0.3, 0.4) is 0 Å². The van der Waals surface area contributed by atoms with E-state index in [4.69, 9.17) is 5.73 Å². The second kappa shape index (κ2) is 6.43. The van der Waals surface area contributed by atoms with Crippen molar-refractivity contribution >= 4 is 5.97 Å². The summed E-state index contributed by atoms with van der Waals surface area (Å²) >= 11 is 0. The summed E-state index contributed by atoms with van der Waals surface area (Å²) in [5.41, 5.74) is 3.83. The van der Waals surface area contributed by atoms with Crippen LogP contribution in [0.15, 0.2) is 11.8 Å². The first-order valence-electron chi connectivity index (χ1n) is 5.27. The molecule has 0 aliphatic rings. The van der Waals surface area contributed by atoms with E-state index in [1.165, 1.54) is 6.92 Å². The molecule has 0 aliphatic heterocycles. The molecule has 0 aromatic carbocycles. The summed E-state index contributed by atoms with van der Waals surface area (Å²) < 4.78 is 18.5. The molecule has 0 aliphatic carbocycles. The van der Waals surface area contributed by atoms with Crippen molar-refractivity contribution < 1.29 is 13.9 Å². The minimum absolute atomic E-state index is 0.0607. The first kappa shape index (κ1) is 13.9. The largest absolute Gasteiger partial charge is 0.463 e. The van der Waals surface area contributed by atoms with Crippen LogP contribution in [-0.4, -0.2) is 18.2 Å². The average molecular weight is 217 g/mol. The number of esters is 1. The van der Waals surface area contributed by atoms with Crippen LogP contribution in [0.25, 0.3) is 0 Å². The molecule has 4 heteroatoms. The number of alkyl halides is 1. The lowest BCUT2D eigenvalue weighted by atomic mass is 9.97. The van der Waals surface area contributed by atoms with E-state index >= 15 is 0 Å². The molecule has 0 saturated heterocycles. The predicted molar refractivity (Wildman–Crippen MR) is 57.9 cm³/mol. The van der Waals surface area contributed by atoms with Crippen LogP contribution in [0.1, 0.15) is 40.0 Å². The molecule has 0 saturated carbocycles. The van der Waals surface area contributed by atoms with Gasteiger partial charge in [-0.15, -0.1) is 0 Å². The van der Waals surface area contributed by atoms with E-state index in [2.05, 4.69) is 4.74 Å². The van der Waals surface area contributed by atoms with Gasteiger partial charge in [-0.2, -0.15) is 0 Å². The zero-order valence-electron chi connectivity index (χ0n) is 9.68. The van der Waals surface area contributed by atoms with Crippen molar-refractivity contribution in [2.75, 3.05) is 6.61 Å². The zero-order valence-corrected chi connectivity index (χ0v) is 9.68. The number of carbonyl (C=O) groups is 1. The van der Waals surface area contributed by atoms with E-state index in [1.807, 2.05) is 6.92 Å². The van der Waals surface area contributed by atoms with Crippen LogP contribution in [-0.2, 0) is 9.53 Å². The van der Waals surface area contributed by atoms with Gasteiger partial charge < -0.3 is 10.5 Å². The fourth-order valence-corrected chi connectivity index (χ4v) is 1.11. The third-order valence-electron chi connectivity index (χ3n) is 2.16. The Balaban J connectivity index is 4.38. The highest BCUT2D eigenvalue weighted by Gasteiger charge is 2.26. The molecule has 0 spiro atoms. The van der Waals surface area contributed by atoms with E-state index < -0.39 is 11.6 Å². The lowest BCUT2D eigenvalue weighted by Crippen LogP contribution is -2.28. The lowest BCUT2D eigenvalue weighted by molar-refractivity contribution is -0.137. The van der Waals surface area contributed by atoms with Gasteiger partial charge in [-0.3, -0.25) is 0 Å². The third kappa shape index (κ3) is 5.40. The van der Waals surface area contributed by atoms with Crippen molar-refractivity contribution in [2.24, 2.45) is 5.73 Å². The van der Waals surface area contributed by atoms with Gasteiger partial charge in [0.15, 0.2) is 0 Å². The third-order valence-corrected chi connectivity index (χ3v) is 2.16. The first-order valence-corrected chi connectivity index (χ1v) is 5.27. The van der Waals surface area contributed by atoms with Gasteiger partial charge in [0.25, 0.3) is 0 Å². The number of hydrogen-bond acceptors (Lipinski definition) is 3. The SMILES string of the molecule is CCCCC(C)(F)C(N)=CC(=O)OCC. The van der Waals surface area contributed by atoms with Crippen LogP contribution in [0.2, 0.25) is 0 Å². The number of rotatable bonds is 6. The van der Waals surface area contributed by atoms with Crippen LogP contribution in [0.5, 0.6) is 0 Å². The molecule has 0 fully saturated rings. The molecule has 3 nitrogen and oxygen atoms in total. The van der Waals surface area contributed by atoms with E-state index in [0.29, 0.717) is 6.42 Å². The van der Waals surface area contributed by atoms with E-state index in [0.717, 1.165) is 18.9 Å². The molecular weight excluding hydrogens is 197 g/mol. The van der Waals surface area contributed by atoms with Crippen LogP contribution in [0.4, 0.5) is 4.39 Å². The Morgan fingerprint density at radius 2 is 2.13 bits per heavy atom. The fraction of sp³-hybridized carbons (Fsp3) is 0.727. The second-order valence-corrected chi connectivity index (χ2v) is 3.65. The highest BCUT2D eigenvalue weighted by molar-refractivity contribution is 5.82. The highest BCUT2D eigenvalue weighted by atomic mass is 19.1. The monoisotopic (exact) mass is 217 g/mol. The summed E-state index contributed by atoms with van der Waals surface area (Å²) in [6, 6.07) is 0. The summed E-state index contributed by atoms with van der Waals surface area (Å²) in [7, 11) is 0. The maximum Gasteiger partial charge on any atom is 0.332 e. The fourth-order valence-electron chi connectivity index (χ4n) is 1.11. The molecule has 0 rings (SSSR count). The number of unbranched alkanes of at least 4 members (excludes halogenated alkanes) is 1. The van der Waals surface area contributed by atoms with Crippen molar-refractivity contribution in [1.82, 2.24) is 0 Å². The minimum atomic E-state index is -1.62. The maximum absolute atomic E-state index is 13.9. The Kier molecular flexibility index (Phi) is 5.97. The number of halogens is 1. The molecule has 0 bridgehead atoms. The van der Waals surface area contributed by atoms with Gasteiger partial charge in [0.05, 0.1) is 12.3 Å². The van der Waals surface area contributed by atoms with Gasteiger partial charge >= 0.3 is 5.97 Å². The van der Waals surface area contributed by atoms with Crippen molar-refractivity contribution in [1.29, 1.82) is 0 Å². The smallest absolute Gasteiger partial charge is 0.332 e. The number of ether oxygens (including phenoxy) is 1. The molecule has 0 amide bonds. The minimum Gasteiger partial charge on any atom is -0.463 e. The van der Waals surface area contributed by atoms with E-state index in [9.17, 15) is 9.18 Å². The highest BCUT2D eigenvalue weighted by Crippen LogP contribution is 2.24. The van der Waals surface area contributed by atoms with Gasteiger partial charge in [-0.1, -0.05) is 19.8 Å². The molecule has 2 N–H and O–H groups in total. The van der Waals surface area contributed by atoms with Crippen molar-refractivity contribution in [3.63, 3.8) is 0 Å². The van der Waals surface area contributed by atoms with Crippen LogP contribution in [0, 0.1) is 0 Å². The Morgan fingerprint density at radius 1 is 1.53 bits per heavy atom. The van der Waals surface area contributed by atoms with E-state index in [1.54, 1.807) is 6.92 Å². The number of nitrogens with two attached hydrogens (primary N) is 1. The molecule has 0 aromatic heterocycles. The molecule has 15 heavy (non-hydrogen) atoms. The molecule has 0 aromatic rings. The molecule has 1 unspecified atom stereocenters. The van der Waals surface area contributed by atoms with Gasteiger partial charge in [-0.25, -0.2) is 9.18 Å². The number of allylic oxidation sites excluding steroid dienone is 1. The Bertz CT molecular complexity index is 237. The number of hydrogen-bond donors (Lipinski definition) is 1. The quantitative estimate of drug-likeness (QED) is 0.548. The summed E-state index contributed by atoms with van der Waals surface area (Å²) in [6.45, 7) is 5.31. The molecular formula is C11H20FNO2. The first-order chi connectivity index (χ1) is 6.94. The van der Waals surface area contributed by atoms with Crippen molar-refractivity contribution in [3.05, 3.63) is 11.8 Å². The number of carbonyl (C=O) groups excluding carboxylic acids is 1. The lowest BCUT2D eigenvalue weighted by Gasteiger charge is -2.20.